The van der Waals surface area contributed by atoms with E-state index in [-0.39, 0.29) is 23.3 Å². The molecule has 1 heterocycles. The second-order valence-electron chi connectivity index (χ2n) is 6.20. The lowest BCUT2D eigenvalue weighted by molar-refractivity contribution is -0.126. The van der Waals surface area contributed by atoms with E-state index in [1.807, 2.05) is 0 Å². The van der Waals surface area contributed by atoms with Crippen molar-refractivity contribution in [1.29, 1.82) is 0 Å². The summed E-state index contributed by atoms with van der Waals surface area (Å²) in [6.45, 7) is 5.04. The minimum Gasteiger partial charge on any atom is -0.355 e. The third kappa shape index (κ3) is 3.80. The Morgan fingerprint density at radius 3 is 2.95 bits per heavy atom. The Labute approximate surface area is 119 Å². The van der Waals surface area contributed by atoms with E-state index in [1.165, 1.54) is 4.88 Å². The first-order chi connectivity index (χ1) is 8.99. The van der Waals surface area contributed by atoms with E-state index in [4.69, 9.17) is 5.73 Å². The average Bonchev–Trinajstić information content (AvgIpc) is 2.90. The Bertz CT molecular complexity index is 414. The molecule has 1 aliphatic carbocycles. The number of hydrogen-bond acceptors (Lipinski definition) is 3. The SMILES string of the molecule is CC(C)(CNC(=O)C1CCCC(N)C1)c1cccs1. The topological polar surface area (TPSA) is 55.1 Å². The average molecular weight is 280 g/mol. The molecule has 0 saturated heterocycles. The van der Waals surface area contributed by atoms with Gasteiger partial charge in [-0.2, -0.15) is 0 Å². The minimum atomic E-state index is 0.000605. The van der Waals surface area contributed by atoms with Gasteiger partial charge in [0.2, 0.25) is 5.91 Å². The van der Waals surface area contributed by atoms with Gasteiger partial charge >= 0.3 is 0 Å². The largest absolute Gasteiger partial charge is 0.355 e. The first-order valence-corrected chi connectivity index (χ1v) is 7.94. The second kappa shape index (κ2) is 6.06. The summed E-state index contributed by atoms with van der Waals surface area (Å²) in [6, 6.07) is 4.40. The Morgan fingerprint density at radius 1 is 1.53 bits per heavy atom. The number of nitrogens with one attached hydrogen (secondary N) is 1. The lowest BCUT2D eigenvalue weighted by Crippen LogP contribution is -2.42. The van der Waals surface area contributed by atoms with E-state index in [9.17, 15) is 4.79 Å². The molecule has 2 rings (SSSR count). The van der Waals surface area contributed by atoms with Crippen molar-refractivity contribution < 1.29 is 4.79 Å². The highest BCUT2D eigenvalue weighted by Crippen LogP contribution is 2.27. The molecule has 1 amide bonds. The molecule has 1 aromatic heterocycles. The number of hydrogen-bond donors (Lipinski definition) is 2. The molecular weight excluding hydrogens is 256 g/mol. The van der Waals surface area contributed by atoms with Crippen LogP contribution in [-0.4, -0.2) is 18.5 Å². The van der Waals surface area contributed by atoms with Crippen LogP contribution in [0.25, 0.3) is 0 Å². The number of carbonyl (C=O) groups excluding carboxylic acids is 1. The van der Waals surface area contributed by atoms with Crippen LogP contribution in [0.15, 0.2) is 17.5 Å². The summed E-state index contributed by atoms with van der Waals surface area (Å²) in [6.07, 6.45) is 3.96. The summed E-state index contributed by atoms with van der Waals surface area (Å²) in [4.78, 5) is 13.5. The van der Waals surface area contributed by atoms with Crippen LogP contribution in [-0.2, 0) is 10.2 Å². The fourth-order valence-electron chi connectivity index (χ4n) is 2.67. The van der Waals surface area contributed by atoms with Crippen molar-refractivity contribution in [2.45, 2.75) is 51.0 Å². The van der Waals surface area contributed by atoms with Crippen LogP contribution in [0.1, 0.15) is 44.4 Å². The number of nitrogens with two attached hydrogens (primary N) is 1. The molecule has 0 spiro atoms. The molecule has 1 aromatic rings. The highest BCUT2D eigenvalue weighted by atomic mass is 32.1. The van der Waals surface area contributed by atoms with Crippen LogP contribution in [0.4, 0.5) is 0 Å². The van der Waals surface area contributed by atoms with E-state index in [2.05, 4.69) is 36.7 Å². The molecule has 0 aliphatic heterocycles. The van der Waals surface area contributed by atoms with Gasteiger partial charge in [0, 0.05) is 28.8 Å². The van der Waals surface area contributed by atoms with Crippen molar-refractivity contribution in [2.24, 2.45) is 11.7 Å². The fourth-order valence-corrected chi connectivity index (χ4v) is 3.52. The van der Waals surface area contributed by atoms with E-state index < -0.39 is 0 Å². The summed E-state index contributed by atoms with van der Waals surface area (Å²) in [5.74, 6) is 0.294. The van der Waals surface area contributed by atoms with Gasteiger partial charge in [0.25, 0.3) is 0 Å². The van der Waals surface area contributed by atoms with Gasteiger partial charge < -0.3 is 11.1 Å². The van der Waals surface area contributed by atoms with E-state index in [1.54, 1.807) is 11.3 Å². The Morgan fingerprint density at radius 2 is 2.32 bits per heavy atom. The molecule has 1 fully saturated rings. The van der Waals surface area contributed by atoms with Gasteiger partial charge in [-0.3, -0.25) is 4.79 Å². The molecule has 0 bridgehead atoms. The van der Waals surface area contributed by atoms with Crippen LogP contribution in [0.2, 0.25) is 0 Å². The van der Waals surface area contributed by atoms with E-state index in [0.717, 1.165) is 25.7 Å². The highest BCUT2D eigenvalue weighted by molar-refractivity contribution is 7.10. The van der Waals surface area contributed by atoms with E-state index in [0.29, 0.717) is 6.54 Å². The van der Waals surface area contributed by atoms with Gasteiger partial charge in [0.15, 0.2) is 0 Å². The van der Waals surface area contributed by atoms with Gasteiger partial charge in [0.1, 0.15) is 0 Å². The zero-order valence-corrected chi connectivity index (χ0v) is 12.6. The number of amides is 1. The zero-order chi connectivity index (χ0) is 13.9. The maximum atomic E-state index is 12.2. The molecule has 106 valence electrons. The molecule has 3 nitrogen and oxygen atoms in total. The molecule has 4 heteroatoms. The van der Waals surface area contributed by atoms with Gasteiger partial charge in [-0.05, 0) is 30.7 Å². The Kier molecular flexibility index (Phi) is 4.63. The first kappa shape index (κ1) is 14.5. The van der Waals surface area contributed by atoms with Crippen molar-refractivity contribution in [3.8, 4) is 0 Å². The van der Waals surface area contributed by atoms with Crippen molar-refractivity contribution in [1.82, 2.24) is 5.32 Å². The van der Waals surface area contributed by atoms with Crippen LogP contribution in [0.5, 0.6) is 0 Å². The number of rotatable bonds is 4. The maximum Gasteiger partial charge on any atom is 0.223 e. The predicted octanol–water partition coefficient (Wildman–Crippen LogP) is 2.66. The predicted molar refractivity (Wildman–Crippen MR) is 80.3 cm³/mol. The summed E-state index contributed by atoms with van der Waals surface area (Å²) >= 11 is 1.75. The summed E-state index contributed by atoms with van der Waals surface area (Å²) in [7, 11) is 0. The normalized spacial score (nSPS) is 24.2. The van der Waals surface area contributed by atoms with Crippen molar-refractivity contribution in [3.05, 3.63) is 22.4 Å². The molecule has 0 aromatic carbocycles. The first-order valence-electron chi connectivity index (χ1n) is 7.06. The fraction of sp³-hybridized carbons (Fsp3) is 0.667. The van der Waals surface area contributed by atoms with Crippen molar-refractivity contribution >= 4 is 17.2 Å². The maximum absolute atomic E-state index is 12.2. The smallest absolute Gasteiger partial charge is 0.223 e. The second-order valence-corrected chi connectivity index (χ2v) is 7.15. The zero-order valence-electron chi connectivity index (χ0n) is 11.8. The Hall–Kier alpha value is -0.870. The molecule has 1 aliphatic rings. The monoisotopic (exact) mass is 280 g/mol. The molecule has 0 radical (unpaired) electrons. The summed E-state index contributed by atoms with van der Waals surface area (Å²) in [5, 5.41) is 5.20. The standard InChI is InChI=1S/C15H24N2OS/c1-15(2,13-7-4-8-19-13)10-17-14(18)11-5-3-6-12(16)9-11/h4,7-8,11-12H,3,5-6,9-10,16H2,1-2H3,(H,17,18). The minimum absolute atomic E-state index is 0.000605. The van der Waals surface area contributed by atoms with E-state index >= 15 is 0 Å². The number of thiophene rings is 1. The highest BCUT2D eigenvalue weighted by Gasteiger charge is 2.28. The van der Waals surface area contributed by atoms with Crippen LogP contribution in [0.3, 0.4) is 0 Å². The lowest BCUT2D eigenvalue weighted by atomic mass is 9.85. The molecule has 3 N–H and O–H groups in total. The molecular formula is C15H24N2OS. The quantitative estimate of drug-likeness (QED) is 0.891. The molecule has 1 saturated carbocycles. The molecule has 2 unspecified atom stereocenters. The van der Waals surface area contributed by atoms with Crippen LogP contribution in [0, 0.1) is 5.92 Å². The van der Waals surface area contributed by atoms with Crippen LogP contribution < -0.4 is 11.1 Å². The molecule has 19 heavy (non-hydrogen) atoms. The summed E-state index contributed by atoms with van der Waals surface area (Å²) < 4.78 is 0. The van der Waals surface area contributed by atoms with Crippen molar-refractivity contribution in [2.75, 3.05) is 6.54 Å². The Balaban J connectivity index is 1.86. The van der Waals surface area contributed by atoms with Gasteiger partial charge in [-0.1, -0.05) is 26.3 Å². The summed E-state index contributed by atoms with van der Waals surface area (Å²) in [5.41, 5.74) is 5.94. The van der Waals surface area contributed by atoms with Gasteiger partial charge in [0.05, 0.1) is 0 Å². The van der Waals surface area contributed by atoms with Crippen molar-refractivity contribution in [3.63, 3.8) is 0 Å². The van der Waals surface area contributed by atoms with Gasteiger partial charge in [-0.15, -0.1) is 11.3 Å². The van der Waals surface area contributed by atoms with Crippen LogP contribution >= 0.6 is 11.3 Å². The van der Waals surface area contributed by atoms with Gasteiger partial charge in [-0.25, -0.2) is 0 Å². The number of carbonyl (C=O) groups is 1. The lowest BCUT2D eigenvalue weighted by Gasteiger charge is -2.28. The molecule has 2 atom stereocenters. The third-order valence-corrected chi connectivity index (χ3v) is 5.21. The third-order valence-electron chi connectivity index (χ3n) is 3.98.